The molecule has 0 aliphatic heterocycles. The Bertz CT molecular complexity index is 1010. The average molecular weight is 417 g/mol. The second-order valence-corrected chi connectivity index (χ2v) is 8.88. The number of rotatable bonds is 8. The van der Waals surface area contributed by atoms with E-state index in [1.165, 1.54) is 62.0 Å². The number of nitriles is 1. The first-order valence-electron chi connectivity index (χ1n) is 11.4. The van der Waals surface area contributed by atoms with E-state index in [4.69, 9.17) is 0 Å². The number of benzene rings is 2. The Morgan fingerprint density at radius 3 is 2.52 bits per heavy atom. The maximum atomic E-state index is 13.3. The third kappa shape index (κ3) is 6.06. The molecule has 31 heavy (non-hydrogen) atoms. The lowest BCUT2D eigenvalue weighted by Gasteiger charge is -2.28. The molecule has 3 aromatic rings. The highest BCUT2D eigenvalue weighted by Crippen LogP contribution is 2.22. The molecule has 4 heteroatoms. The number of nitrogens with one attached hydrogen (secondary N) is 1. The van der Waals surface area contributed by atoms with Crippen LogP contribution in [0.5, 0.6) is 0 Å². The van der Waals surface area contributed by atoms with E-state index in [0.29, 0.717) is 0 Å². The number of nitrogens with zero attached hydrogens (tertiary/aromatic N) is 2. The number of aromatic nitrogens is 1. The van der Waals surface area contributed by atoms with Gasteiger partial charge in [-0.2, -0.15) is 5.26 Å². The van der Waals surface area contributed by atoms with Gasteiger partial charge in [0.15, 0.2) is 0 Å². The highest BCUT2D eigenvalue weighted by atomic mass is 19.1. The van der Waals surface area contributed by atoms with Crippen molar-refractivity contribution in [3.8, 4) is 6.07 Å². The van der Waals surface area contributed by atoms with Crippen molar-refractivity contribution in [3.63, 3.8) is 0 Å². The van der Waals surface area contributed by atoms with Crippen molar-refractivity contribution in [1.82, 2.24) is 4.57 Å². The summed E-state index contributed by atoms with van der Waals surface area (Å²) in [6.07, 6.45) is 8.85. The molecule has 0 saturated heterocycles. The van der Waals surface area contributed by atoms with Crippen molar-refractivity contribution in [2.45, 2.75) is 51.7 Å². The second kappa shape index (κ2) is 10.4. The molecule has 1 atom stereocenters. The van der Waals surface area contributed by atoms with Crippen LogP contribution in [0.3, 0.4) is 0 Å². The monoisotopic (exact) mass is 416 g/mol. The molecular weight excluding hydrogens is 385 g/mol. The van der Waals surface area contributed by atoms with E-state index in [0.717, 1.165) is 36.7 Å². The van der Waals surface area contributed by atoms with Gasteiger partial charge in [0.2, 0.25) is 0 Å². The zero-order chi connectivity index (χ0) is 21.5. The SMILES string of the molecule is N#Cc1cccc(C[NH+](Cc2cccn2Cc2ccc(F)cc2)CC2CCCCC2)c1. The van der Waals surface area contributed by atoms with E-state index in [1.54, 1.807) is 4.90 Å². The van der Waals surface area contributed by atoms with Gasteiger partial charge in [0.05, 0.1) is 23.9 Å². The predicted octanol–water partition coefficient (Wildman–Crippen LogP) is 4.71. The van der Waals surface area contributed by atoms with Gasteiger partial charge >= 0.3 is 0 Å². The fourth-order valence-corrected chi connectivity index (χ4v) is 4.85. The Morgan fingerprint density at radius 2 is 1.74 bits per heavy atom. The van der Waals surface area contributed by atoms with Gasteiger partial charge in [-0.25, -0.2) is 4.39 Å². The molecule has 4 rings (SSSR count). The minimum atomic E-state index is -0.195. The van der Waals surface area contributed by atoms with Crippen LogP contribution in [0.15, 0.2) is 66.9 Å². The van der Waals surface area contributed by atoms with Gasteiger partial charge in [0.25, 0.3) is 0 Å². The van der Waals surface area contributed by atoms with Crippen molar-refractivity contribution >= 4 is 0 Å². The molecule has 1 heterocycles. The van der Waals surface area contributed by atoms with E-state index in [9.17, 15) is 9.65 Å². The van der Waals surface area contributed by atoms with Crippen molar-refractivity contribution in [3.05, 3.63) is 95.1 Å². The number of halogens is 1. The highest BCUT2D eigenvalue weighted by Gasteiger charge is 2.21. The topological polar surface area (TPSA) is 33.2 Å². The molecule has 3 nitrogen and oxygen atoms in total. The molecule has 0 amide bonds. The van der Waals surface area contributed by atoms with Gasteiger partial charge in [0.1, 0.15) is 18.9 Å². The molecule has 0 bridgehead atoms. The van der Waals surface area contributed by atoms with Crippen LogP contribution >= 0.6 is 0 Å². The molecule has 1 saturated carbocycles. The molecule has 1 unspecified atom stereocenters. The summed E-state index contributed by atoms with van der Waals surface area (Å²) in [6, 6.07) is 21.4. The molecule has 1 fully saturated rings. The second-order valence-electron chi connectivity index (χ2n) is 8.88. The van der Waals surface area contributed by atoms with Crippen molar-refractivity contribution < 1.29 is 9.29 Å². The number of hydrogen-bond donors (Lipinski definition) is 1. The Kier molecular flexibility index (Phi) is 7.17. The first-order valence-corrected chi connectivity index (χ1v) is 11.4. The molecule has 0 spiro atoms. The predicted molar refractivity (Wildman–Crippen MR) is 121 cm³/mol. The lowest BCUT2D eigenvalue weighted by molar-refractivity contribution is -0.931. The maximum Gasteiger partial charge on any atom is 0.123 e. The molecule has 0 radical (unpaired) electrons. The zero-order valence-electron chi connectivity index (χ0n) is 18.1. The Morgan fingerprint density at radius 1 is 0.935 bits per heavy atom. The van der Waals surface area contributed by atoms with E-state index in [-0.39, 0.29) is 5.82 Å². The van der Waals surface area contributed by atoms with Crippen LogP contribution in [-0.4, -0.2) is 11.1 Å². The first kappa shape index (κ1) is 21.3. The van der Waals surface area contributed by atoms with Gasteiger partial charge in [-0.1, -0.05) is 43.5 Å². The Labute approximate surface area is 184 Å². The first-order chi connectivity index (χ1) is 15.2. The number of quaternary nitrogens is 1. The Balaban J connectivity index is 1.50. The lowest BCUT2D eigenvalue weighted by atomic mass is 9.89. The van der Waals surface area contributed by atoms with Gasteiger partial charge < -0.3 is 9.47 Å². The van der Waals surface area contributed by atoms with Gasteiger partial charge in [-0.15, -0.1) is 0 Å². The van der Waals surface area contributed by atoms with E-state index in [2.05, 4.69) is 35.0 Å². The minimum Gasteiger partial charge on any atom is -0.342 e. The molecule has 160 valence electrons. The summed E-state index contributed by atoms with van der Waals surface area (Å²) in [6.45, 7) is 3.79. The summed E-state index contributed by atoms with van der Waals surface area (Å²) in [5.41, 5.74) is 4.36. The maximum absolute atomic E-state index is 13.3. The third-order valence-electron chi connectivity index (χ3n) is 6.43. The van der Waals surface area contributed by atoms with Crippen LogP contribution in [0, 0.1) is 23.1 Å². The van der Waals surface area contributed by atoms with Crippen LogP contribution in [0.25, 0.3) is 0 Å². The van der Waals surface area contributed by atoms with Gasteiger partial charge in [-0.05, 0) is 54.8 Å². The van der Waals surface area contributed by atoms with E-state index in [1.807, 2.05) is 30.3 Å². The van der Waals surface area contributed by atoms with Crippen LogP contribution in [0.4, 0.5) is 4.39 Å². The highest BCUT2D eigenvalue weighted by molar-refractivity contribution is 5.32. The van der Waals surface area contributed by atoms with Gasteiger partial charge in [0, 0.05) is 24.2 Å². The largest absolute Gasteiger partial charge is 0.342 e. The average Bonchev–Trinajstić information content (AvgIpc) is 3.22. The summed E-state index contributed by atoms with van der Waals surface area (Å²) < 4.78 is 15.5. The van der Waals surface area contributed by atoms with Crippen molar-refractivity contribution in [2.75, 3.05) is 6.54 Å². The van der Waals surface area contributed by atoms with Crippen molar-refractivity contribution in [1.29, 1.82) is 5.26 Å². The molecule has 1 aliphatic rings. The lowest BCUT2D eigenvalue weighted by Crippen LogP contribution is -3.10. The fraction of sp³-hybridized carbons (Fsp3) is 0.370. The smallest absolute Gasteiger partial charge is 0.123 e. The van der Waals surface area contributed by atoms with Crippen LogP contribution in [0.2, 0.25) is 0 Å². The summed E-state index contributed by atoms with van der Waals surface area (Å²) in [5, 5.41) is 9.27. The summed E-state index contributed by atoms with van der Waals surface area (Å²) >= 11 is 0. The van der Waals surface area contributed by atoms with Crippen LogP contribution in [0.1, 0.15) is 54.5 Å². The fourth-order valence-electron chi connectivity index (χ4n) is 4.85. The van der Waals surface area contributed by atoms with Crippen molar-refractivity contribution in [2.24, 2.45) is 5.92 Å². The number of hydrogen-bond acceptors (Lipinski definition) is 1. The standard InChI is InChI=1S/C27H30FN3/c28-26-13-11-23(12-14-26)20-31-15-5-10-27(31)21-30(18-22-6-2-1-3-7-22)19-25-9-4-8-24(16-25)17-29/h4-5,8-16,22H,1-3,6-7,18-21H2/p+1. The quantitative estimate of drug-likeness (QED) is 0.567. The Hall–Kier alpha value is -2.90. The molecule has 1 aromatic heterocycles. The molecule has 1 N–H and O–H groups in total. The zero-order valence-corrected chi connectivity index (χ0v) is 18.1. The normalized spacial score (nSPS) is 15.5. The van der Waals surface area contributed by atoms with Crippen LogP contribution in [-0.2, 0) is 19.6 Å². The third-order valence-corrected chi connectivity index (χ3v) is 6.43. The van der Waals surface area contributed by atoms with E-state index >= 15 is 0 Å². The summed E-state index contributed by atoms with van der Waals surface area (Å²) in [5.74, 6) is 0.586. The minimum absolute atomic E-state index is 0.195. The molecule has 1 aliphatic carbocycles. The molecule has 2 aromatic carbocycles. The van der Waals surface area contributed by atoms with Gasteiger partial charge in [-0.3, -0.25) is 0 Å². The summed E-state index contributed by atoms with van der Waals surface area (Å²) in [7, 11) is 0. The van der Waals surface area contributed by atoms with Crippen LogP contribution < -0.4 is 4.90 Å². The summed E-state index contributed by atoms with van der Waals surface area (Å²) in [4.78, 5) is 1.54. The molecular formula is C27H31FN3+. The van der Waals surface area contributed by atoms with E-state index < -0.39 is 0 Å².